The van der Waals surface area contributed by atoms with Crippen LogP contribution in [-0.4, -0.2) is 0 Å². The van der Waals surface area contributed by atoms with E-state index >= 15 is 0 Å². The van der Waals surface area contributed by atoms with Crippen molar-refractivity contribution in [2.45, 2.75) is 0 Å². The molecule has 3 heteroatoms. The summed E-state index contributed by atoms with van der Waals surface area (Å²) in [5.41, 5.74) is 11.3. The van der Waals surface area contributed by atoms with Crippen molar-refractivity contribution in [2.75, 3.05) is 4.90 Å². The van der Waals surface area contributed by atoms with Crippen LogP contribution in [0, 0.1) is 0 Å². The van der Waals surface area contributed by atoms with Crippen LogP contribution in [0.15, 0.2) is 185 Å². The Balaban J connectivity index is 1.15. The molecular weight excluding hydrogens is 599 g/mol. The third kappa shape index (κ3) is 4.51. The van der Waals surface area contributed by atoms with E-state index in [1.165, 1.54) is 10.9 Å². The summed E-state index contributed by atoms with van der Waals surface area (Å²) >= 11 is 0. The first-order valence-corrected chi connectivity index (χ1v) is 16.6. The van der Waals surface area contributed by atoms with E-state index in [1.807, 2.05) is 12.1 Å². The molecule has 230 valence electrons. The van der Waals surface area contributed by atoms with Crippen LogP contribution in [0.5, 0.6) is 0 Å². The number of anilines is 3. The van der Waals surface area contributed by atoms with Crippen molar-refractivity contribution in [3.8, 4) is 22.3 Å². The summed E-state index contributed by atoms with van der Waals surface area (Å²) in [7, 11) is 0. The first kappa shape index (κ1) is 27.5. The molecule has 0 saturated carbocycles. The molecule has 0 radical (unpaired) electrons. The van der Waals surface area contributed by atoms with E-state index < -0.39 is 0 Å². The molecule has 2 heterocycles. The normalized spacial score (nSPS) is 11.7. The van der Waals surface area contributed by atoms with Crippen molar-refractivity contribution >= 4 is 71.7 Å². The highest BCUT2D eigenvalue weighted by Gasteiger charge is 2.21. The van der Waals surface area contributed by atoms with E-state index in [0.717, 1.165) is 83.0 Å². The molecule has 0 aliphatic heterocycles. The molecule has 0 amide bonds. The first-order valence-electron chi connectivity index (χ1n) is 16.6. The predicted octanol–water partition coefficient (Wildman–Crippen LogP) is 13.4. The predicted molar refractivity (Wildman–Crippen MR) is 204 cm³/mol. The van der Waals surface area contributed by atoms with Gasteiger partial charge >= 0.3 is 0 Å². The van der Waals surface area contributed by atoms with Crippen LogP contribution in [0.3, 0.4) is 0 Å². The fourth-order valence-electron chi connectivity index (χ4n) is 7.28. The van der Waals surface area contributed by atoms with E-state index in [0.29, 0.717) is 0 Å². The van der Waals surface area contributed by atoms with Gasteiger partial charge in [-0.3, -0.25) is 0 Å². The molecule has 49 heavy (non-hydrogen) atoms. The van der Waals surface area contributed by atoms with Gasteiger partial charge in [0.1, 0.15) is 16.7 Å². The number of benzene rings is 8. The molecule has 0 fully saturated rings. The fraction of sp³-hybridized carbons (Fsp3) is 0. The minimum atomic E-state index is 0.861. The van der Waals surface area contributed by atoms with Gasteiger partial charge in [-0.15, -0.1) is 0 Å². The Morgan fingerprint density at radius 3 is 1.88 bits per heavy atom. The summed E-state index contributed by atoms with van der Waals surface area (Å²) in [5, 5.41) is 6.75. The molecule has 0 spiro atoms. The number of rotatable bonds is 5. The number of furan rings is 2. The zero-order chi connectivity index (χ0) is 32.3. The second kappa shape index (κ2) is 11.0. The molecule has 8 aromatic carbocycles. The van der Waals surface area contributed by atoms with Gasteiger partial charge in [0.25, 0.3) is 0 Å². The van der Waals surface area contributed by atoms with Crippen LogP contribution >= 0.6 is 0 Å². The van der Waals surface area contributed by atoms with Crippen molar-refractivity contribution in [3.63, 3.8) is 0 Å². The minimum absolute atomic E-state index is 0.861. The molecule has 10 rings (SSSR count). The quantitative estimate of drug-likeness (QED) is 0.190. The van der Waals surface area contributed by atoms with Gasteiger partial charge in [0.2, 0.25) is 0 Å². The number of nitrogens with zero attached hydrogens (tertiary/aromatic N) is 1. The highest BCUT2D eigenvalue weighted by molar-refractivity contribution is 6.17. The van der Waals surface area contributed by atoms with Crippen molar-refractivity contribution < 1.29 is 8.83 Å². The van der Waals surface area contributed by atoms with Crippen molar-refractivity contribution in [1.82, 2.24) is 0 Å². The SMILES string of the molecule is c1ccc(-c2cccc(N(c3ccc(-c4ccc5oc6ccccc6c5c4)cc3)c3cccc4c3oc3c5ccccc5ccc43)c2)cc1. The van der Waals surface area contributed by atoms with Crippen LogP contribution in [-0.2, 0) is 0 Å². The summed E-state index contributed by atoms with van der Waals surface area (Å²) in [6.07, 6.45) is 0. The number of hydrogen-bond acceptors (Lipinski definition) is 3. The summed E-state index contributed by atoms with van der Waals surface area (Å²) in [6.45, 7) is 0. The van der Waals surface area contributed by atoms with E-state index in [2.05, 4.69) is 169 Å². The maximum absolute atomic E-state index is 6.85. The van der Waals surface area contributed by atoms with Crippen LogP contribution in [0.25, 0.3) is 76.9 Å². The lowest BCUT2D eigenvalue weighted by molar-refractivity contribution is 0.669. The summed E-state index contributed by atoms with van der Waals surface area (Å²) in [4.78, 5) is 2.32. The van der Waals surface area contributed by atoms with Gasteiger partial charge in [-0.1, -0.05) is 121 Å². The molecule has 0 saturated heterocycles. The number of hydrogen-bond donors (Lipinski definition) is 0. The maximum Gasteiger partial charge on any atom is 0.159 e. The van der Waals surface area contributed by atoms with Gasteiger partial charge in [0.15, 0.2) is 5.58 Å². The Hall–Kier alpha value is -6.58. The lowest BCUT2D eigenvalue weighted by atomic mass is 10.0. The first-order chi connectivity index (χ1) is 24.3. The van der Waals surface area contributed by atoms with Gasteiger partial charge in [-0.25, -0.2) is 0 Å². The monoisotopic (exact) mass is 627 g/mol. The Labute approximate surface area is 282 Å². The average molecular weight is 628 g/mol. The molecule has 3 nitrogen and oxygen atoms in total. The molecule has 0 N–H and O–H groups in total. The molecule has 0 aliphatic carbocycles. The molecule has 10 aromatic rings. The molecule has 2 aromatic heterocycles. The standard InChI is InChI=1S/C46H29NO2/c1-2-10-30(11-3-1)33-13-8-14-36(28-33)47(42-18-9-17-39-40-26-22-32-12-4-5-15-37(32)45(40)49-46(39)42)35-24-20-31(21-25-35)34-23-27-44-41(29-34)38-16-6-7-19-43(38)48-44/h1-29H. The topological polar surface area (TPSA) is 29.5 Å². The minimum Gasteiger partial charge on any atom is -0.456 e. The van der Waals surface area contributed by atoms with Gasteiger partial charge in [0, 0.05) is 38.3 Å². The van der Waals surface area contributed by atoms with Crippen LogP contribution < -0.4 is 4.90 Å². The Morgan fingerprint density at radius 2 is 0.980 bits per heavy atom. The van der Waals surface area contributed by atoms with Gasteiger partial charge in [0.05, 0.1) is 5.69 Å². The summed E-state index contributed by atoms with van der Waals surface area (Å²) < 4.78 is 12.9. The summed E-state index contributed by atoms with van der Waals surface area (Å²) in [5.74, 6) is 0. The highest BCUT2D eigenvalue weighted by Crippen LogP contribution is 2.44. The highest BCUT2D eigenvalue weighted by atomic mass is 16.3. The smallest absolute Gasteiger partial charge is 0.159 e. The molecule has 0 aliphatic rings. The number of fused-ring (bicyclic) bond motifs is 8. The van der Waals surface area contributed by atoms with Crippen LogP contribution in [0.2, 0.25) is 0 Å². The fourth-order valence-corrected chi connectivity index (χ4v) is 7.28. The van der Waals surface area contributed by atoms with E-state index in [9.17, 15) is 0 Å². The van der Waals surface area contributed by atoms with E-state index in [4.69, 9.17) is 8.83 Å². The van der Waals surface area contributed by atoms with Crippen molar-refractivity contribution in [1.29, 1.82) is 0 Å². The van der Waals surface area contributed by atoms with Crippen LogP contribution in [0.1, 0.15) is 0 Å². The molecular formula is C46H29NO2. The van der Waals surface area contributed by atoms with Crippen molar-refractivity contribution in [2.24, 2.45) is 0 Å². The van der Waals surface area contributed by atoms with Crippen LogP contribution in [0.4, 0.5) is 17.1 Å². The van der Waals surface area contributed by atoms with E-state index in [-0.39, 0.29) is 0 Å². The maximum atomic E-state index is 6.85. The third-order valence-corrected chi connectivity index (χ3v) is 9.66. The lowest BCUT2D eigenvalue weighted by Gasteiger charge is -2.26. The Bertz CT molecular complexity index is 2830. The summed E-state index contributed by atoms with van der Waals surface area (Å²) in [6, 6.07) is 62.0. The lowest BCUT2D eigenvalue weighted by Crippen LogP contribution is -2.10. The third-order valence-electron chi connectivity index (χ3n) is 9.66. The molecule has 0 atom stereocenters. The van der Waals surface area contributed by atoms with Crippen molar-refractivity contribution in [3.05, 3.63) is 176 Å². The zero-order valence-corrected chi connectivity index (χ0v) is 26.5. The second-order valence-electron chi connectivity index (χ2n) is 12.5. The zero-order valence-electron chi connectivity index (χ0n) is 26.5. The Morgan fingerprint density at radius 1 is 0.327 bits per heavy atom. The average Bonchev–Trinajstić information content (AvgIpc) is 3.75. The van der Waals surface area contributed by atoms with Gasteiger partial charge in [-0.2, -0.15) is 0 Å². The Kier molecular flexibility index (Phi) is 6.18. The van der Waals surface area contributed by atoms with Gasteiger partial charge < -0.3 is 13.7 Å². The number of para-hydroxylation sites is 2. The molecule has 0 bridgehead atoms. The van der Waals surface area contributed by atoms with Gasteiger partial charge in [-0.05, 0) is 82.2 Å². The molecule has 0 unspecified atom stereocenters. The second-order valence-corrected chi connectivity index (χ2v) is 12.5. The van der Waals surface area contributed by atoms with E-state index in [1.54, 1.807) is 0 Å². The largest absolute Gasteiger partial charge is 0.456 e.